The molecule has 208 valence electrons. The third-order valence-electron chi connectivity index (χ3n) is 7.96. The first kappa shape index (κ1) is 26.5. The van der Waals surface area contributed by atoms with Crippen LogP contribution in [0.4, 0.5) is 13.2 Å². The fourth-order valence-corrected chi connectivity index (χ4v) is 6.00. The molecule has 1 N–H and O–H groups in total. The van der Waals surface area contributed by atoms with Gasteiger partial charge in [-0.2, -0.15) is 0 Å². The number of pyridine rings is 1. The van der Waals surface area contributed by atoms with Crippen LogP contribution in [0.1, 0.15) is 49.6 Å². The van der Waals surface area contributed by atoms with E-state index in [1.165, 1.54) is 12.1 Å². The molecule has 1 atom stereocenters. The van der Waals surface area contributed by atoms with Gasteiger partial charge in [-0.1, -0.05) is 17.3 Å². The first-order valence-electron chi connectivity index (χ1n) is 13.3. The molecule has 10 heteroatoms. The summed E-state index contributed by atoms with van der Waals surface area (Å²) in [5, 5.41) is 19.3. The number of hydrogen-bond donors (Lipinski definition) is 1. The van der Waals surface area contributed by atoms with E-state index in [1.54, 1.807) is 43.9 Å². The van der Waals surface area contributed by atoms with Crippen molar-refractivity contribution in [2.45, 2.75) is 45.3 Å². The van der Waals surface area contributed by atoms with E-state index in [0.717, 1.165) is 11.8 Å². The Morgan fingerprint density at radius 2 is 1.80 bits per heavy atom. The molecule has 0 radical (unpaired) electrons. The first-order chi connectivity index (χ1) is 19.1. The molecule has 40 heavy (non-hydrogen) atoms. The maximum Gasteiger partial charge on any atom is 0.164 e. The molecule has 1 aliphatic heterocycles. The number of benzene rings is 2. The Morgan fingerprint density at radius 1 is 1.05 bits per heavy atom. The first-order valence-corrected chi connectivity index (χ1v) is 13.3. The summed E-state index contributed by atoms with van der Waals surface area (Å²) in [5.41, 5.74) is 2.71. The molecule has 2 aromatic carbocycles. The van der Waals surface area contributed by atoms with Crippen LogP contribution in [-0.2, 0) is 17.4 Å². The topological polar surface area (TPSA) is 78.0 Å². The number of nitrogens with zero attached hydrogens (tertiary/aromatic N) is 5. The number of ether oxygens (including phenoxy) is 1. The van der Waals surface area contributed by atoms with Crippen molar-refractivity contribution in [3.05, 3.63) is 76.9 Å². The van der Waals surface area contributed by atoms with Gasteiger partial charge in [0.2, 0.25) is 0 Å². The van der Waals surface area contributed by atoms with E-state index in [9.17, 15) is 9.50 Å². The lowest BCUT2D eigenvalue weighted by molar-refractivity contribution is 0.0547. The van der Waals surface area contributed by atoms with Gasteiger partial charge in [-0.3, -0.25) is 4.98 Å². The Bertz CT molecular complexity index is 1730. The van der Waals surface area contributed by atoms with Crippen molar-refractivity contribution in [1.29, 1.82) is 0 Å². The van der Waals surface area contributed by atoms with E-state index in [2.05, 4.69) is 10.3 Å². The van der Waals surface area contributed by atoms with E-state index < -0.39 is 29.1 Å². The van der Waals surface area contributed by atoms with Gasteiger partial charge < -0.3 is 14.4 Å². The lowest BCUT2D eigenvalue weighted by Gasteiger charge is -2.33. The molecule has 0 amide bonds. The zero-order valence-electron chi connectivity index (χ0n) is 22.8. The summed E-state index contributed by atoms with van der Waals surface area (Å²) in [6, 6.07) is 8.38. The van der Waals surface area contributed by atoms with Gasteiger partial charge in [-0.05, 0) is 69.4 Å². The van der Waals surface area contributed by atoms with Crippen molar-refractivity contribution >= 4 is 21.9 Å². The van der Waals surface area contributed by atoms with Crippen LogP contribution in [0.2, 0.25) is 0 Å². The Labute approximate surface area is 229 Å². The number of aryl methyl sites for hydroxylation is 2. The van der Waals surface area contributed by atoms with Crippen LogP contribution in [0.3, 0.4) is 0 Å². The van der Waals surface area contributed by atoms with E-state index in [0.29, 0.717) is 59.4 Å². The smallest absolute Gasteiger partial charge is 0.164 e. The summed E-state index contributed by atoms with van der Waals surface area (Å²) < 4.78 is 55.3. The molecule has 0 bridgehead atoms. The summed E-state index contributed by atoms with van der Waals surface area (Å²) in [6.07, 6.45) is 2.86. The number of hydrogen-bond acceptors (Lipinski definition) is 5. The predicted molar refractivity (Wildman–Crippen MR) is 145 cm³/mol. The molecule has 4 heterocycles. The minimum absolute atomic E-state index is 0.138. The molecular weight excluding hydrogens is 519 g/mol. The molecule has 0 saturated carbocycles. The highest BCUT2D eigenvalue weighted by atomic mass is 19.2. The maximum atomic E-state index is 15.9. The molecule has 1 aliphatic rings. The third-order valence-corrected chi connectivity index (χ3v) is 7.96. The monoisotopic (exact) mass is 549 g/mol. The Kier molecular flexibility index (Phi) is 6.42. The van der Waals surface area contributed by atoms with Crippen molar-refractivity contribution in [3.63, 3.8) is 0 Å². The summed E-state index contributed by atoms with van der Waals surface area (Å²) in [7, 11) is 1.78. The van der Waals surface area contributed by atoms with Gasteiger partial charge in [0.25, 0.3) is 0 Å². The second kappa shape index (κ2) is 9.71. The second-order valence-corrected chi connectivity index (χ2v) is 11.1. The van der Waals surface area contributed by atoms with Crippen molar-refractivity contribution in [2.24, 2.45) is 13.0 Å². The normalized spacial score (nSPS) is 15.8. The number of fused-ring (bicyclic) bond motifs is 3. The third kappa shape index (κ3) is 4.26. The van der Waals surface area contributed by atoms with Crippen LogP contribution in [0.25, 0.3) is 33.2 Å². The van der Waals surface area contributed by atoms with E-state index in [-0.39, 0.29) is 16.9 Å². The fourth-order valence-electron chi connectivity index (χ4n) is 6.00. The highest BCUT2D eigenvalue weighted by molar-refractivity contribution is 6.07. The van der Waals surface area contributed by atoms with E-state index in [4.69, 9.17) is 9.72 Å². The van der Waals surface area contributed by atoms with E-state index >= 15 is 8.78 Å². The van der Waals surface area contributed by atoms with Crippen molar-refractivity contribution in [2.75, 3.05) is 13.2 Å². The average molecular weight is 550 g/mol. The van der Waals surface area contributed by atoms with Crippen LogP contribution in [0.5, 0.6) is 0 Å². The molecule has 1 saturated heterocycles. The second-order valence-electron chi connectivity index (χ2n) is 11.1. The van der Waals surface area contributed by atoms with Gasteiger partial charge in [0.15, 0.2) is 11.6 Å². The lowest BCUT2D eigenvalue weighted by Crippen LogP contribution is -2.28. The van der Waals surface area contributed by atoms with Crippen LogP contribution in [0.15, 0.2) is 42.6 Å². The minimum atomic E-state index is -1.34. The van der Waals surface area contributed by atoms with Crippen LogP contribution < -0.4 is 0 Å². The van der Waals surface area contributed by atoms with E-state index in [1.807, 2.05) is 17.6 Å². The van der Waals surface area contributed by atoms with Crippen LogP contribution in [0, 0.1) is 30.3 Å². The summed E-state index contributed by atoms with van der Waals surface area (Å²) >= 11 is 0. The summed E-state index contributed by atoms with van der Waals surface area (Å²) in [4.78, 5) is 4.70. The molecule has 3 aromatic heterocycles. The summed E-state index contributed by atoms with van der Waals surface area (Å²) in [6.45, 7) is 5.95. The highest BCUT2D eigenvalue weighted by Crippen LogP contribution is 2.43. The maximum absolute atomic E-state index is 15.9. The van der Waals surface area contributed by atoms with Crippen molar-refractivity contribution < 1.29 is 23.0 Å². The molecule has 5 aromatic rings. The Morgan fingerprint density at radius 3 is 2.48 bits per heavy atom. The van der Waals surface area contributed by atoms with Gasteiger partial charge in [-0.25, -0.2) is 17.9 Å². The largest absolute Gasteiger partial charge is 0.386 e. The fraction of sp³-hybridized carbons (Fsp3) is 0.367. The van der Waals surface area contributed by atoms with Gasteiger partial charge in [0, 0.05) is 37.6 Å². The molecule has 0 spiro atoms. The van der Waals surface area contributed by atoms with Crippen molar-refractivity contribution in [3.8, 4) is 11.3 Å². The Balaban J connectivity index is 1.75. The highest BCUT2D eigenvalue weighted by Gasteiger charge is 2.34. The predicted octanol–water partition coefficient (Wildman–Crippen LogP) is 5.95. The zero-order valence-corrected chi connectivity index (χ0v) is 22.8. The van der Waals surface area contributed by atoms with Gasteiger partial charge >= 0.3 is 0 Å². The van der Waals surface area contributed by atoms with Crippen LogP contribution >= 0.6 is 0 Å². The molecule has 0 aliphatic carbocycles. The standard InChI is InChI=1S/C30H30F3N5O2/c1-16-28(37(4)36-35-16)18-12-24-27(34-15-18)25-22(32)13-19(30(2,3)39)14-23(25)38(24)29(17-8-10-40-11-9-17)20-6-5-7-21(31)26(20)33/h5-7,12-15,17,29,39H,8-11H2,1-4H3/t29-/m1/s1. The number of halogens is 3. The number of rotatable bonds is 5. The number of aliphatic hydroxyl groups is 1. The van der Waals surface area contributed by atoms with Crippen molar-refractivity contribution in [1.82, 2.24) is 24.5 Å². The average Bonchev–Trinajstić information content (AvgIpc) is 3.43. The molecule has 6 rings (SSSR count). The SMILES string of the molecule is Cc1nnn(C)c1-c1cnc2c3c(F)cc(C(C)(C)O)cc3n([C@@H](c3cccc(F)c3F)C3CCOCC3)c2c1. The molecule has 0 unspecified atom stereocenters. The quantitative estimate of drug-likeness (QED) is 0.293. The Hall–Kier alpha value is -3.76. The van der Waals surface area contributed by atoms with Crippen LogP contribution in [-0.4, -0.2) is 42.9 Å². The number of aromatic nitrogens is 5. The van der Waals surface area contributed by atoms with Gasteiger partial charge in [0.05, 0.1) is 45.0 Å². The van der Waals surface area contributed by atoms with Gasteiger partial charge in [0.1, 0.15) is 5.82 Å². The zero-order chi connectivity index (χ0) is 28.3. The molecule has 1 fully saturated rings. The molecule has 7 nitrogen and oxygen atoms in total. The van der Waals surface area contributed by atoms with Gasteiger partial charge in [-0.15, -0.1) is 5.10 Å². The molecular formula is C30H30F3N5O2. The minimum Gasteiger partial charge on any atom is -0.386 e. The summed E-state index contributed by atoms with van der Waals surface area (Å²) in [5.74, 6) is -2.58. The lowest BCUT2D eigenvalue weighted by atomic mass is 9.86.